The number of nitrogens with one attached hydrogen (secondary N) is 1. The van der Waals surface area contributed by atoms with Crippen molar-refractivity contribution < 1.29 is 22.4 Å². The molecule has 1 N–H and O–H groups in total. The Morgan fingerprint density at radius 2 is 1.68 bits per heavy atom. The van der Waals surface area contributed by atoms with E-state index < -0.39 is 26.6 Å². The number of carbonyl (C=O) groups excluding carboxylic acids is 2. The SMILES string of the molecule is CCN(CC)S(=O)(=O)c1cc(C(=O)Nc2ccccc2C(=O)N2CC(C)CC(C)C2)ccc1F. The summed E-state index contributed by atoms with van der Waals surface area (Å²) in [5, 5.41) is 2.71. The molecule has 1 aliphatic heterocycles. The van der Waals surface area contributed by atoms with E-state index in [0.29, 0.717) is 36.2 Å². The van der Waals surface area contributed by atoms with Gasteiger partial charge in [0.2, 0.25) is 10.0 Å². The summed E-state index contributed by atoms with van der Waals surface area (Å²) in [6.45, 7) is 9.20. The van der Waals surface area contributed by atoms with Crippen molar-refractivity contribution in [3.8, 4) is 0 Å². The van der Waals surface area contributed by atoms with Gasteiger partial charge in [0, 0.05) is 31.7 Å². The minimum Gasteiger partial charge on any atom is -0.338 e. The number of para-hydroxylation sites is 1. The van der Waals surface area contributed by atoms with Crippen LogP contribution in [-0.4, -0.2) is 55.6 Å². The van der Waals surface area contributed by atoms with Crippen LogP contribution in [0.1, 0.15) is 54.8 Å². The van der Waals surface area contributed by atoms with Crippen molar-refractivity contribution in [2.75, 3.05) is 31.5 Å². The molecule has 2 amide bonds. The Bertz CT molecular complexity index is 1150. The first kappa shape index (κ1) is 25.8. The molecule has 2 aromatic carbocycles. The van der Waals surface area contributed by atoms with Crippen molar-refractivity contribution in [3.05, 3.63) is 59.4 Å². The highest BCUT2D eigenvalue weighted by Gasteiger charge is 2.29. The molecule has 0 spiro atoms. The molecule has 3 rings (SSSR count). The lowest BCUT2D eigenvalue weighted by molar-refractivity contribution is 0.0624. The lowest BCUT2D eigenvalue weighted by Gasteiger charge is -2.35. The second-order valence-corrected chi connectivity index (χ2v) is 10.8. The maximum atomic E-state index is 14.4. The maximum Gasteiger partial charge on any atom is 0.255 e. The van der Waals surface area contributed by atoms with Crippen molar-refractivity contribution >= 4 is 27.5 Å². The number of halogens is 1. The summed E-state index contributed by atoms with van der Waals surface area (Å²) >= 11 is 0. The molecular weight excluding hydrogens is 457 g/mol. The Morgan fingerprint density at radius 1 is 1.06 bits per heavy atom. The van der Waals surface area contributed by atoms with Gasteiger partial charge in [0.1, 0.15) is 10.7 Å². The summed E-state index contributed by atoms with van der Waals surface area (Å²) in [7, 11) is -4.09. The number of rotatable bonds is 7. The van der Waals surface area contributed by atoms with Crippen LogP contribution in [0.3, 0.4) is 0 Å². The van der Waals surface area contributed by atoms with Gasteiger partial charge in [0.05, 0.1) is 11.3 Å². The van der Waals surface area contributed by atoms with Gasteiger partial charge in [-0.05, 0) is 48.6 Å². The summed E-state index contributed by atoms with van der Waals surface area (Å²) in [6, 6.07) is 9.95. The third kappa shape index (κ3) is 5.47. The largest absolute Gasteiger partial charge is 0.338 e. The summed E-state index contributed by atoms with van der Waals surface area (Å²) < 4.78 is 41.2. The minimum atomic E-state index is -4.09. The monoisotopic (exact) mass is 489 g/mol. The Balaban J connectivity index is 1.88. The van der Waals surface area contributed by atoms with Gasteiger partial charge >= 0.3 is 0 Å². The van der Waals surface area contributed by atoms with Crippen LogP contribution < -0.4 is 5.32 Å². The molecule has 1 aliphatic rings. The fourth-order valence-electron chi connectivity index (χ4n) is 4.52. The van der Waals surface area contributed by atoms with E-state index in [9.17, 15) is 22.4 Å². The Kier molecular flexibility index (Phi) is 8.09. The van der Waals surface area contributed by atoms with Gasteiger partial charge in [0.15, 0.2) is 0 Å². The maximum absolute atomic E-state index is 14.4. The van der Waals surface area contributed by atoms with E-state index in [2.05, 4.69) is 19.2 Å². The Hall–Kier alpha value is -2.78. The minimum absolute atomic E-state index is 0.0189. The number of benzene rings is 2. The number of piperidine rings is 1. The molecule has 9 heteroatoms. The van der Waals surface area contributed by atoms with E-state index in [4.69, 9.17) is 0 Å². The molecule has 2 atom stereocenters. The van der Waals surface area contributed by atoms with Crippen molar-refractivity contribution in [3.63, 3.8) is 0 Å². The number of amides is 2. The highest BCUT2D eigenvalue weighted by Crippen LogP contribution is 2.26. The molecule has 184 valence electrons. The zero-order chi connectivity index (χ0) is 25.0. The first-order valence-corrected chi connectivity index (χ1v) is 13.0. The normalized spacial score (nSPS) is 18.7. The molecule has 7 nitrogen and oxygen atoms in total. The third-order valence-corrected chi connectivity index (χ3v) is 8.14. The summed E-state index contributed by atoms with van der Waals surface area (Å²) in [5.41, 5.74) is 0.658. The quantitative estimate of drug-likeness (QED) is 0.631. The molecule has 2 aromatic rings. The van der Waals surface area contributed by atoms with Crippen LogP contribution in [-0.2, 0) is 10.0 Å². The van der Waals surface area contributed by atoms with Crippen molar-refractivity contribution in [1.82, 2.24) is 9.21 Å². The molecule has 0 aromatic heterocycles. The number of likely N-dealkylation sites (tertiary alicyclic amines) is 1. The number of hydrogen-bond acceptors (Lipinski definition) is 4. The number of hydrogen-bond donors (Lipinski definition) is 1. The summed E-state index contributed by atoms with van der Waals surface area (Å²) in [4.78, 5) is 27.5. The van der Waals surface area contributed by atoms with Crippen LogP contribution in [0, 0.1) is 17.7 Å². The molecule has 0 bridgehead atoms. The number of carbonyl (C=O) groups is 2. The lowest BCUT2D eigenvalue weighted by Crippen LogP contribution is -2.42. The summed E-state index contributed by atoms with van der Waals surface area (Å²) in [5.74, 6) is -0.943. The van der Waals surface area contributed by atoms with Crippen LogP contribution in [0.2, 0.25) is 0 Å². The molecule has 1 fully saturated rings. The second-order valence-electron chi connectivity index (χ2n) is 8.89. The van der Waals surface area contributed by atoms with E-state index in [1.54, 1.807) is 43.0 Å². The number of anilines is 1. The molecule has 1 heterocycles. The Labute approximate surface area is 201 Å². The van der Waals surface area contributed by atoms with Gasteiger partial charge in [-0.15, -0.1) is 0 Å². The van der Waals surface area contributed by atoms with Crippen LogP contribution in [0.5, 0.6) is 0 Å². The third-order valence-electron chi connectivity index (χ3n) is 6.08. The molecule has 2 unspecified atom stereocenters. The van der Waals surface area contributed by atoms with Crippen LogP contribution in [0.4, 0.5) is 10.1 Å². The van der Waals surface area contributed by atoms with E-state index >= 15 is 0 Å². The first-order chi connectivity index (χ1) is 16.1. The van der Waals surface area contributed by atoms with Crippen LogP contribution in [0.15, 0.2) is 47.4 Å². The molecule has 0 saturated carbocycles. The van der Waals surface area contributed by atoms with Crippen LogP contribution in [0.25, 0.3) is 0 Å². The fourth-order valence-corrected chi connectivity index (χ4v) is 6.07. The summed E-state index contributed by atoms with van der Waals surface area (Å²) in [6.07, 6.45) is 1.06. The molecular formula is C25H32FN3O4S. The fraction of sp³-hybridized carbons (Fsp3) is 0.440. The standard InChI is InChI=1S/C25H32FN3O4S/c1-5-29(6-2)34(32,33)23-14-19(11-12-21(23)26)24(30)27-22-10-8-7-9-20(22)25(31)28-15-17(3)13-18(4)16-28/h7-12,14,17-18H,5-6,13,15-16H2,1-4H3,(H,27,30). The zero-order valence-electron chi connectivity index (χ0n) is 20.0. The van der Waals surface area contributed by atoms with Crippen LogP contribution >= 0.6 is 0 Å². The Morgan fingerprint density at radius 3 is 2.29 bits per heavy atom. The average Bonchev–Trinajstić information content (AvgIpc) is 2.79. The van der Waals surface area contributed by atoms with E-state index in [1.807, 2.05) is 0 Å². The molecule has 1 saturated heterocycles. The van der Waals surface area contributed by atoms with Gasteiger partial charge in [-0.25, -0.2) is 12.8 Å². The second kappa shape index (κ2) is 10.7. The van der Waals surface area contributed by atoms with E-state index in [1.165, 1.54) is 6.07 Å². The van der Waals surface area contributed by atoms with Gasteiger partial charge in [-0.3, -0.25) is 9.59 Å². The highest BCUT2D eigenvalue weighted by molar-refractivity contribution is 7.89. The number of sulfonamides is 1. The van der Waals surface area contributed by atoms with Crippen molar-refractivity contribution in [2.24, 2.45) is 11.8 Å². The van der Waals surface area contributed by atoms with Gasteiger partial charge < -0.3 is 10.2 Å². The van der Waals surface area contributed by atoms with Crippen molar-refractivity contribution in [2.45, 2.75) is 39.0 Å². The molecule has 0 aliphatic carbocycles. The van der Waals surface area contributed by atoms with E-state index in [-0.39, 0.29) is 24.6 Å². The van der Waals surface area contributed by atoms with Gasteiger partial charge in [-0.1, -0.05) is 39.8 Å². The first-order valence-electron chi connectivity index (χ1n) is 11.6. The molecule has 0 radical (unpaired) electrons. The van der Waals surface area contributed by atoms with E-state index in [0.717, 1.165) is 22.9 Å². The van der Waals surface area contributed by atoms with Gasteiger partial charge in [-0.2, -0.15) is 4.31 Å². The lowest BCUT2D eigenvalue weighted by atomic mass is 9.91. The topological polar surface area (TPSA) is 86.8 Å². The molecule has 34 heavy (non-hydrogen) atoms. The zero-order valence-corrected chi connectivity index (χ0v) is 20.9. The van der Waals surface area contributed by atoms with Crippen molar-refractivity contribution in [1.29, 1.82) is 0 Å². The predicted molar refractivity (Wildman–Crippen MR) is 130 cm³/mol. The van der Waals surface area contributed by atoms with Gasteiger partial charge in [0.25, 0.3) is 11.8 Å². The predicted octanol–water partition coefficient (Wildman–Crippen LogP) is 4.23. The smallest absolute Gasteiger partial charge is 0.255 e. The highest BCUT2D eigenvalue weighted by atomic mass is 32.2. The number of nitrogens with zero attached hydrogens (tertiary/aromatic N) is 2. The average molecular weight is 490 g/mol.